The molecule has 1 rings (SSSR count). The normalized spacial score (nSPS) is 18.9. The Morgan fingerprint density at radius 2 is 0.835 bits per heavy atom. The van der Waals surface area contributed by atoms with Crippen LogP contribution >= 0.6 is 0 Å². The molecule has 79 heavy (non-hydrogen) atoms. The molecule has 0 spiro atoms. The second-order valence-corrected chi connectivity index (χ2v) is 23.9. The first-order valence-electron chi connectivity index (χ1n) is 34.1. The van der Waals surface area contributed by atoms with Crippen LogP contribution in [0.3, 0.4) is 0 Å². The number of esters is 1. The molecule has 1 saturated heterocycles. The van der Waals surface area contributed by atoms with Crippen LogP contribution in [0.2, 0.25) is 0 Å². The number of rotatable bonds is 59. The molecular formula is C68H129NO10. The molecule has 0 radical (unpaired) electrons. The molecule has 1 aliphatic heterocycles. The highest BCUT2D eigenvalue weighted by Gasteiger charge is 2.47. The Bertz CT molecular complexity index is 1380. The van der Waals surface area contributed by atoms with Crippen LogP contribution in [0.5, 0.6) is 0 Å². The molecule has 1 aliphatic rings. The van der Waals surface area contributed by atoms with E-state index in [1.807, 2.05) is 6.08 Å². The Morgan fingerprint density at radius 3 is 1.23 bits per heavy atom. The third-order valence-corrected chi connectivity index (χ3v) is 16.4. The van der Waals surface area contributed by atoms with E-state index in [4.69, 9.17) is 14.2 Å². The van der Waals surface area contributed by atoms with Crippen LogP contribution < -0.4 is 5.32 Å². The van der Waals surface area contributed by atoms with Crippen LogP contribution in [0.1, 0.15) is 335 Å². The number of unbranched alkanes of at least 4 members (excludes halogenated alkanes) is 43. The maximum Gasteiger partial charge on any atom is 0.306 e. The predicted molar refractivity (Wildman–Crippen MR) is 329 cm³/mol. The molecule has 6 N–H and O–H groups in total. The van der Waals surface area contributed by atoms with E-state index in [2.05, 4.69) is 38.2 Å². The van der Waals surface area contributed by atoms with Gasteiger partial charge < -0.3 is 45.1 Å². The van der Waals surface area contributed by atoms with Crippen molar-refractivity contribution in [1.29, 1.82) is 0 Å². The van der Waals surface area contributed by atoms with Crippen molar-refractivity contribution in [2.45, 2.75) is 384 Å². The first-order valence-corrected chi connectivity index (χ1v) is 34.1. The molecule has 0 aliphatic carbocycles. The Hall–Kier alpha value is -1.86. The van der Waals surface area contributed by atoms with Crippen LogP contribution in [0.15, 0.2) is 24.3 Å². The maximum absolute atomic E-state index is 13.4. The summed E-state index contributed by atoms with van der Waals surface area (Å²) in [5.74, 6) is -1.18. The van der Waals surface area contributed by atoms with Gasteiger partial charge >= 0.3 is 5.97 Å². The van der Waals surface area contributed by atoms with E-state index in [-0.39, 0.29) is 13.0 Å². The summed E-state index contributed by atoms with van der Waals surface area (Å²) in [5, 5.41) is 57.2. The third kappa shape index (κ3) is 44.4. The number of ether oxygens (including phenoxy) is 3. The zero-order valence-corrected chi connectivity index (χ0v) is 51.8. The summed E-state index contributed by atoms with van der Waals surface area (Å²) in [5.41, 5.74) is 0. The molecule has 0 aromatic carbocycles. The van der Waals surface area contributed by atoms with E-state index in [1.54, 1.807) is 6.08 Å². The van der Waals surface area contributed by atoms with Crippen LogP contribution in [0.4, 0.5) is 0 Å². The molecule has 0 saturated carbocycles. The minimum Gasteiger partial charge on any atom is -0.454 e. The molecule has 8 unspecified atom stereocenters. The molecule has 1 amide bonds. The van der Waals surface area contributed by atoms with Gasteiger partial charge in [-0.15, -0.1) is 0 Å². The van der Waals surface area contributed by atoms with E-state index in [0.717, 1.165) is 57.8 Å². The minimum atomic E-state index is -1.61. The number of hydrogen-bond acceptors (Lipinski definition) is 10. The lowest BCUT2D eigenvalue weighted by atomic mass is 9.99. The largest absolute Gasteiger partial charge is 0.454 e. The first kappa shape index (κ1) is 75.2. The fourth-order valence-electron chi connectivity index (χ4n) is 10.9. The minimum absolute atomic E-state index is 0.127. The molecule has 11 nitrogen and oxygen atoms in total. The lowest BCUT2D eigenvalue weighted by Gasteiger charge is -2.41. The summed E-state index contributed by atoms with van der Waals surface area (Å²) in [6.45, 7) is 5.84. The van der Waals surface area contributed by atoms with Gasteiger partial charge in [0.1, 0.15) is 24.4 Å². The first-order chi connectivity index (χ1) is 38.7. The topological polar surface area (TPSA) is 175 Å². The van der Waals surface area contributed by atoms with E-state index < -0.39 is 67.4 Å². The standard InChI is InChI=1S/C68H129NO10/c1-4-7-10-13-16-19-22-25-27-29-30-31-32-33-35-38-41-44-47-50-53-56-63(73)79-66-65(75)64(74)62(57-70)78-68(66)77-58-59(60(71)54-51-48-45-42-39-36-24-21-18-15-12-9-6-3)69-67(76)61(72)55-52-49-46-43-40-37-34-28-26-23-20-17-14-11-8-5-2/h25,27,51,54,59-62,64-66,68,70-72,74-75H,4-24,26,28-50,52-53,55-58H2,1-3H3,(H,69,76)/b27-25+,54-51+. The highest BCUT2D eigenvalue weighted by Crippen LogP contribution is 2.26. The van der Waals surface area contributed by atoms with Gasteiger partial charge in [-0.1, -0.05) is 302 Å². The zero-order chi connectivity index (χ0) is 57.5. The quantitative estimate of drug-likeness (QED) is 0.0195. The number of amides is 1. The van der Waals surface area contributed by atoms with Crippen molar-refractivity contribution >= 4 is 11.9 Å². The molecule has 11 heteroatoms. The summed E-state index contributed by atoms with van der Waals surface area (Å²) >= 11 is 0. The highest BCUT2D eigenvalue weighted by atomic mass is 16.7. The van der Waals surface area contributed by atoms with Gasteiger partial charge in [-0.25, -0.2) is 0 Å². The van der Waals surface area contributed by atoms with Gasteiger partial charge in [0.2, 0.25) is 5.91 Å². The maximum atomic E-state index is 13.4. The van der Waals surface area contributed by atoms with Crippen LogP contribution in [-0.4, -0.2) is 99.6 Å². The van der Waals surface area contributed by atoms with Gasteiger partial charge in [-0.2, -0.15) is 0 Å². The van der Waals surface area contributed by atoms with Gasteiger partial charge in [0.05, 0.1) is 25.4 Å². The highest BCUT2D eigenvalue weighted by molar-refractivity contribution is 5.80. The Balaban J connectivity index is 2.61. The summed E-state index contributed by atoms with van der Waals surface area (Å²) in [7, 11) is 0. The molecular weight excluding hydrogens is 991 g/mol. The summed E-state index contributed by atoms with van der Waals surface area (Å²) < 4.78 is 17.7. The summed E-state index contributed by atoms with van der Waals surface area (Å²) in [6.07, 6.45) is 56.4. The lowest BCUT2D eigenvalue weighted by Crippen LogP contribution is -2.61. The van der Waals surface area contributed by atoms with Gasteiger partial charge in [-0.05, 0) is 51.4 Å². The Kier molecular flexibility index (Phi) is 53.9. The monoisotopic (exact) mass is 1120 g/mol. The van der Waals surface area contributed by atoms with E-state index in [1.165, 1.54) is 231 Å². The Morgan fingerprint density at radius 1 is 0.481 bits per heavy atom. The fraction of sp³-hybridized carbons (Fsp3) is 0.912. The number of aliphatic hydroxyl groups excluding tert-OH is 5. The molecule has 1 fully saturated rings. The average Bonchev–Trinajstić information content (AvgIpc) is 3.49. The summed E-state index contributed by atoms with van der Waals surface area (Å²) in [4.78, 5) is 26.6. The second-order valence-electron chi connectivity index (χ2n) is 23.9. The number of hydrogen-bond donors (Lipinski definition) is 6. The molecule has 0 aromatic heterocycles. The predicted octanol–water partition coefficient (Wildman–Crippen LogP) is 16.8. The van der Waals surface area contributed by atoms with Crippen LogP contribution in [0, 0.1) is 0 Å². The van der Waals surface area contributed by atoms with E-state index in [9.17, 15) is 35.1 Å². The Labute approximate surface area is 486 Å². The fourth-order valence-corrected chi connectivity index (χ4v) is 10.9. The van der Waals surface area contributed by atoms with Crippen LogP contribution in [0.25, 0.3) is 0 Å². The van der Waals surface area contributed by atoms with Gasteiger partial charge in [0.15, 0.2) is 12.4 Å². The second kappa shape index (κ2) is 56.6. The number of carbonyl (C=O) groups is 2. The number of nitrogens with one attached hydrogen (secondary N) is 1. The van der Waals surface area contributed by atoms with Crippen molar-refractivity contribution in [2.75, 3.05) is 13.2 Å². The molecule has 466 valence electrons. The average molecular weight is 1120 g/mol. The molecule has 8 atom stereocenters. The van der Waals surface area contributed by atoms with Crippen molar-refractivity contribution in [1.82, 2.24) is 5.32 Å². The molecule has 0 bridgehead atoms. The van der Waals surface area contributed by atoms with Crippen molar-refractivity contribution in [3.8, 4) is 0 Å². The molecule has 0 aromatic rings. The van der Waals surface area contributed by atoms with Gasteiger partial charge in [0, 0.05) is 6.42 Å². The van der Waals surface area contributed by atoms with Crippen molar-refractivity contribution in [2.24, 2.45) is 0 Å². The summed E-state index contributed by atoms with van der Waals surface area (Å²) in [6, 6.07) is -1.02. The number of carbonyl (C=O) groups excluding carboxylic acids is 2. The number of aliphatic hydroxyl groups is 5. The van der Waals surface area contributed by atoms with Gasteiger partial charge in [-0.3, -0.25) is 9.59 Å². The zero-order valence-electron chi connectivity index (χ0n) is 51.8. The van der Waals surface area contributed by atoms with Crippen molar-refractivity contribution in [3.05, 3.63) is 24.3 Å². The SMILES string of the molecule is CCCCCCCC/C=C/CCCCCCCCCCCCCC(=O)OC1C(OCC(NC(=O)C(O)CCCCCCCCCCCCCCCCCC)C(O)/C=C/CCCCCCCCCCCCC)OC(CO)C(O)C1O. The van der Waals surface area contributed by atoms with E-state index in [0.29, 0.717) is 19.3 Å². The smallest absolute Gasteiger partial charge is 0.306 e. The van der Waals surface area contributed by atoms with E-state index >= 15 is 0 Å². The number of allylic oxidation sites excluding steroid dienone is 3. The van der Waals surface area contributed by atoms with Crippen molar-refractivity contribution < 1.29 is 49.3 Å². The van der Waals surface area contributed by atoms with Gasteiger partial charge in [0.25, 0.3) is 0 Å². The third-order valence-electron chi connectivity index (χ3n) is 16.4. The molecule has 1 heterocycles. The van der Waals surface area contributed by atoms with Crippen LogP contribution in [-0.2, 0) is 23.8 Å². The lowest BCUT2D eigenvalue weighted by molar-refractivity contribution is -0.305. The van der Waals surface area contributed by atoms with Crippen molar-refractivity contribution in [3.63, 3.8) is 0 Å².